The van der Waals surface area contributed by atoms with Gasteiger partial charge in [0.25, 0.3) is 0 Å². The summed E-state index contributed by atoms with van der Waals surface area (Å²) in [6.45, 7) is 4.29. The second kappa shape index (κ2) is 7.79. The van der Waals surface area contributed by atoms with Crippen LogP contribution in [-0.2, 0) is 5.41 Å². The molecule has 1 aliphatic carbocycles. The Kier molecular flexibility index (Phi) is 5.72. The van der Waals surface area contributed by atoms with E-state index in [1.54, 1.807) is 0 Å². The van der Waals surface area contributed by atoms with Crippen molar-refractivity contribution in [2.45, 2.75) is 43.6 Å². The maximum Gasteiger partial charge on any atom is 0.191 e. The summed E-state index contributed by atoms with van der Waals surface area (Å²) in [7, 11) is 0. The maximum absolute atomic E-state index is 10.5. The van der Waals surface area contributed by atoms with Crippen molar-refractivity contribution in [3.63, 3.8) is 0 Å². The molecule has 1 heterocycles. The zero-order chi connectivity index (χ0) is 16.9. The van der Waals surface area contributed by atoms with Crippen LogP contribution in [-0.4, -0.2) is 47.8 Å². The third kappa shape index (κ3) is 4.06. The van der Waals surface area contributed by atoms with Crippen molar-refractivity contribution < 1.29 is 5.11 Å². The summed E-state index contributed by atoms with van der Waals surface area (Å²) in [5, 5.41) is 17.3. The first kappa shape index (κ1) is 17.6. The third-order valence-corrected chi connectivity index (χ3v) is 6.48. The van der Waals surface area contributed by atoms with Gasteiger partial charge in [-0.05, 0) is 37.5 Å². The summed E-state index contributed by atoms with van der Waals surface area (Å²) in [6.07, 6.45) is 4.59. The molecule has 3 N–H and O–H groups in total. The number of aliphatic imine (C=N–C) groups is 1. The summed E-state index contributed by atoms with van der Waals surface area (Å²) in [5.74, 6) is 2.65. The van der Waals surface area contributed by atoms with Gasteiger partial charge in [-0.3, -0.25) is 4.99 Å². The highest BCUT2D eigenvalue weighted by Crippen LogP contribution is 2.43. The predicted molar refractivity (Wildman–Crippen MR) is 103 cm³/mol. The van der Waals surface area contributed by atoms with Crippen LogP contribution in [0.15, 0.2) is 35.3 Å². The van der Waals surface area contributed by atoms with E-state index in [1.807, 2.05) is 11.8 Å². The van der Waals surface area contributed by atoms with Gasteiger partial charge in [-0.1, -0.05) is 36.8 Å². The van der Waals surface area contributed by atoms with E-state index in [0.29, 0.717) is 6.54 Å². The second-order valence-corrected chi connectivity index (χ2v) is 8.18. The van der Waals surface area contributed by atoms with Crippen molar-refractivity contribution in [3.8, 4) is 0 Å². The van der Waals surface area contributed by atoms with E-state index >= 15 is 0 Å². The Morgan fingerprint density at radius 2 is 2.00 bits per heavy atom. The van der Waals surface area contributed by atoms with Gasteiger partial charge in [0.1, 0.15) is 0 Å². The SMILES string of the molecule is CCNC(=NCC1(O)CCSC1)NCC1(c2ccccc2)CCC1. The van der Waals surface area contributed by atoms with Crippen LogP contribution < -0.4 is 10.6 Å². The van der Waals surface area contributed by atoms with Crippen LogP contribution in [0.1, 0.15) is 38.2 Å². The number of benzene rings is 1. The molecule has 1 saturated carbocycles. The summed E-state index contributed by atoms with van der Waals surface area (Å²) >= 11 is 1.81. The van der Waals surface area contributed by atoms with Crippen LogP contribution in [0.25, 0.3) is 0 Å². The first-order valence-electron chi connectivity index (χ1n) is 9.04. The van der Waals surface area contributed by atoms with Gasteiger partial charge in [-0.25, -0.2) is 0 Å². The maximum atomic E-state index is 10.5. The second-order valence-electron chi connectivity index (χ2n) is 7.08. The van der Waals surface area contributed by atoms with Crippen LogP contribution in [0.2, 0.25) is 0 Å². The van der Waals surface area contributed by atoms with Gasteiger partial charge < -0.3 is 15.7 Å². The minimum atomic E-state index is -0.624. The number of aliphatic hydroxyl groups is 1. The largest absolute Gasteiger partial charge is 0.387 e. The molecule has 0 spiro atoms. The van der Waals surface area contributed by atoms with Gasteiger partial charge in [0.05, 0.1) is 12.1 Å². The van der Waals surface area contributed by atoms with E-state index in [1.165, 1.54) is 24.8 Å². The Morgan fingerprint density at radius 1 is 1.21 bits per heavy atom. The van der Waals surface area contributed by atoms with Crippen LogP contribution >= 0.6 is 11.8 Å². The fraction of sp³-hybridized carbons (Fsp3) is 0.632. The van der Waals surface area contributed by atoms with Gasteiger partial charge in [-0.15, -0.1) is 0 Å². The molecular weight excluding hydrogens is 318 g/mol. The van der Waals surface area contributed by atoms with E-state index < -0.39 is 5.60 Å². The van der Waals surface area contributed by atoms with E-state index in [2.05, 4.69) is 52.9 Å². The van der Waals surface area contributed by atoms with E-state index in [9.17, 15) is 5.11 Å². The molecular formula is C19H29N3OS. The molecule has 1 unspecified atom stereocenters. The fourth-order valence-corrected chi connectivity index (χ4v) is 4.79. The average molecular weight is 348 g/mol. The lowest BCUT2D eigenvalue weighted by atomic mass is 9.64. The first-order chi connectivity index (χ1) is 11.7. The molecule has 0 radical (unpaired) electrons. The summed E-state index contributed by atoms with van der Waals surface area (Å²) < 4.78 is 0. The Balaban J connectivity index is 1.63. The molecule has 1 atom stereocenters. The molecule has 1 saturated heterocycles. The number of thioether (sulfide) groups is 1. The number of rotatable bonds is 6. The molecule has 0 amide bonds. The molecule has 132 valence electrons. The van der Waals surface area contributed by atoms with Gasteiger partial charge in [0.15, 0.2) is 5.96 Å². The van der Waals surface area contributed by atoms with Gasteiger partial charge >= 0.3 is 0 Å². The average Bonchev–Trinajstić information content (AvgIpc) is 2.99. The Hall–Kier alpha value is -1.20. The normalized spacial score (nSPS) is 26.0. The zero-order valence-electron chi connectivity index (χ0n) is 14.6. The Labute approximate surface area is 149 Å². The lowest BCUT2D eigenvalue weighted by molar-refractivity contribution is 0.0778. The predicted octanol–water partition coefficient (Wildman–Crippen LogP) is 2.53. The smallest absolute Gasteiger partial charge is 0.191 e. The molecule has 1 aliphatic heterocycles. The molecule has 5 heteroatoms. The minimum absolute atomic E-state index is 0.234. The van der Waals surface area contributed by atoms with Crippen molar-refractivity contribution in [3.05, 3.63) is 35.9 Å². The van der Waals surface area contributed by atoms with Crippen LogP contribution in [0.5, 0.6) is 0 Å². The molecule has 1 aromatic carbocycles. The quantitative estimate of drug-likeness (QED) is 0.547. The van der Waals surface area contributed by atoms with Crippen LogP contribution in [0, 0.1) is 0 Å². The van der Waals surface area contributed by atoms with Gasteiger partial charge in [-0.2, -0.15) is 11.8 Å². The van der Waals surface area contributed by atoms with Crippen molar-refractivity contribution in [1.82, 2.24) is 10.6 Å². The van der Waals surface area contributed by atoms with E-state index in [4.69, 9.17) is 0 Å². The van der Waals surface area contributed by atoms with Crippen molar-refractivity contribution in [2.24, 2.45) is 4.99 Å². The lowest BCUT2D eigenvalue weighted by Crippen LogP contribution is -2.49. The number of hydrogen-bond acceptors (Lipinski definition) is 3. The Morgan fingerprint density at radius 3 is 2.58 bits per heavy atom. The highest BCUT2D eigenvalue weighted by Gasteiger charge is 2.38. The van der Waals surface area contributed by atoms with Crippen LogP contribution in [0.3, 0.4) is 0 Å². The Bertz CT molecular complexity index is 551. The molecule has 2 aliphatic rings. The molecule has 3 rings (SSSR count). The minimum Gasteiger partial charge on any atom is -0.387 e. The van der Waals surface area contributed by atoms with Crippen molar-refractivity contribution >= 4 is 17.7 Å². The number of guanidine groups is 1. The molecule has 0 bridgehead atoms. The van der Waals surface area contributed by atoms with Crippen molar-refractivity contribution in [2.75, 3.05) is 31.1 Å². The standard InChI is InChI=1S/C19H29N3OS/c1-2-20-17(22-14-19(23)11-12-24-15-19)21-13-18(9-6-10-18)16-7-4-3-5-8-16/h3-5,7-8,23H,2,6,9-15H2,1H3,(H2,20,21,22). The molecule has 4 nitrogen and oxygen atoms in total. The fourth-order valence-electron chi connectivity index (χ4n) is 3.50. The van der Waals surface area contributed by atoms with Crippen LogP contribution in [0.4, 0.5) is 0 Å². The van der Waals surface area contributed by atoms with Gasteiger partial charge in [0, 0.05) is 24.3 Å². The zero-order valence-corrected chi connectivity index (χ0v) is 15.4. The number of hydrogen-bond donors (Lipinski definition) is 3. The number of nitrogens with one attached hydrogen (secondary N) is 2. The first-order valence-corrected chi connectivity index (χ1v) is 10.2. The molecule has 0 aromatic heterocycles. The molecule has 24 heavy (non-hydrogen) atoms. The highest BCUT2D eigenvalue weighted by atomic mass is 32.2. The van der Waals surface area contributed by atoms with E-state index in [0.717, 1.165) is 37.0 Å². The summed E-state index contributed by atoms with van der Waals surface area (Å²) in [6, 6.07) is 10.8. The topological polar surface area (TPSA) is 56.7 Å². The summed E-state index contributed by atoms with van der Waals surface area (Å²) in [4.78, 5) is 4.65. The lowest BCUT2D eigenvalue weighted by Gasteiger charge is -2.43. The third-order valence-electron chi connectivity index (χ3n) is 5.25. The number of nitrogens with zero attached hydrogens (tertiary/aromatic N) is 1. The highest BCUT2D eigenvalue weighted by molar-refractivity contribution is 7.99. The summed E-state index contributed by atoms with van der Waals surface area (Å²) in [5.41, 5.74) is 1.03. The monoisotopic (exact) mass is 347 g/mol. The van der Waals surface area contributed by atoms with Gasteiger partial charge in [0.2, 0.25) is 0 Å². The van der Waals surface area contributed by atoms with E-state index in [-0.39, 0.29) is 5.41 Å². The molecule has 1 aromatic rings. The molecule has 2 fully saturated rings. The van der Waals surface area contributed by atoms with Crippen molar-refractivity contribution in [1.29, 1.82) is 0 Å².